The lowest BCUT2D eigenvalue weighted by molar-refractivity contribution is 0.0732. The van der Waals surface area contributed by atoms with Crippen molar-refractivity contribution in [3.05, 3.63) is 23.8 Å². The second-order valence-corrected chi connectivity index (χ2v) is 5.17. The molecule has 0 aromatic heterocycles. The van der Waals surface area contributed by atoms with Gasteiger partial charge in [-0.3, -0.25) is 4.79 Å². The fraction of sp³-hybridized carbons (Fsp3) is 0.533. The Kier molecular flexibility index (Phi) is 6.31. The van der Waals surface area contributed by atoms with E-state index in [2.05, 4.69) is 13.8 Å². The molecule has 0 spiro atoms. The van der Waals surface area contributed by atoms with Crippen molar-refractivity contribution < 1.29 is 14.6 Å². The largest absolute Gasteiger partial charge is 0.507 e. The zero-order valence-electron chi connectivity index (χ0n) is 12.4. The van der Waals surface area contributed by atoms with Crippen LogP contribution in [0.5, 0.6) is 11.5 Å². The molecule has 1 aromatic carbocycles. The summed E-state index contributed by atoms with van der Waals surface area (Å²) in [5.41, 5.74) is 5.81. The lowest BCUT2D eigenvalue weighted by Gasteiger charge is -2.25. The minimum absolute atomic E-state index is 0.0594. The molecular formula is C15H24N2O3. The Morgan fingerprint density at radius 3 is 2.65 bits per heavy atom. The molecule has 20 heavy (non-hydrogen) atoms. The number of amides is 1. The standard InChI is InChI=1S/C15H24N2O3/c1-11(2)10-17(8-4-7-16)15(19)13-6-5-12(20-3)9-14(13)18/h5-6,9,11,18H,4,7-8,10,16H2,1-3H3. The lowest BCUT2D eigenvalue weighted by atomic mass is 10.1. The third-order valence-corrected chi connectivity index (χ3v) is 2.94. The minimum Gasteiger partial charge on any atom is -0.507 e. The average Bonchev–Trinajstić information content (AvgIpc) is 2.42. The lowest BCUT2D eigenvalue weighted by Crippen LogP contribution is -2.35. The number of aromatic hydroxyl groups is 1. The summed E-state index contributed by atoms with van der Waals surface area (Å²) in [6.45, 7) is 5.88. The van der Waals surface area contributed by atoms with Crippen LogP contribution in [0.25, 0.3) is 0 Å². The molecule has 0 aliphatic carbocycles. The first kappa shape index (κ1) is 16.3. The summed E-state index contributed by atoms with van der Waals surface area (Å²) in [4.78, 5) is 14.2. The van der Waals surface area contributed by atoms with Crippen LogP contribution in [-0.2, 0) is 0 Å². The SMILES string of the molecule is COc1ccc(C(=O)N(CCCN)CC(C)C)c(O)c1. The van der Waals surface area contributed by atoms with Gasteiger partial charge in [-0.05, 0) is 31.0 Å². The number of benzene rings is 1. The topological polar surface area (TPSA) is 75.8 Å². The number of phenols is 1. The maximum absolute atomic E-state index is 12.5. The van der Waals surface area contributed by atoms with E-state index in [0.29, 0.717) is 36.9 Å². The highest BCUT2D eigenvalue weighted by molar-refractivity contribution is 5.97. The molecule has 0 heterocycles. The van der Waals surface area contributed by atoms with E-state index in [4.69, 9.17) is 10.5 Å². The number of rotatable bonds is 7. The molecule has 0 unspecified atom stereocenters. The molecule has 0 fully saturated rings. The number of hydrogen-bond acceptors (Lipinski definition) is 4. The number of carbonyl (C=O) groups excluding carboxylic acids is 1. The monoisotopic (exact) mass is 280 g/mol. The van der Waals surface area contributed by atoms with E-state index >= 15 is 0 Å². The van der Waals surface area contributed by atoms with E-state index in [-0.39, 0.29) is 11.7 Å². The minimum atomic E-state index is -0.174. The fourth-order valence-corrected chi connectivity index (χ4v) is 1.99. The Morgan fingerprint density at radius 1 is 1.45 bits per heavy atom. The van der Waals surface area contributed by atoms with Crippen LogP contribution in [0.2, 0.25) is 0 Å². The summed E-state index contributed by atoms with van der Waals surface area (Å²) in [5.74, 6) is 0.650. The highest BCUT2D eigenvalue weighted by Crippen LogP contribution is 2.25. The number of ether oxygens (including phenoxy) is 1. The molecule has 5 nitrogen and oxygen atoms in total. The summed E-state index contributed by atoms with van der Waals surface area (Å²) in [5, 5.41) is 9.95. The predicted molar refractivity (Wildman–Crippen MR) is 79.1 cm³/mol. The number of carbonyl (C=O) groups is 1. The maximum atomic E-state index is 12.5. The Morgan fingerprint density at radius 2 is 2.15 bits per heavy atom. The number of nitrogens with zero attached hydrogens (tertiary/aromatic N) is 1. The molecule has 1 amide bonds. The second kappa shape index (κ2) is 7.75. The Labute approximate surface area is 120 Å². The van der Waals surface area contributed by atoms with E-state index < -0.39 is 0 Å². The van der Waals surface area contributed by atoms with E-state index in [1.165, 1.54) is 13.2 Å². The van der Waals surface area contributed by atoms with E-state index in [1.54, 1.807) is 17.0 Å². The molecule has 0 aliphatic rings. The van der Waals surface area contributed by atoms with E-state index in [1.807, 2.05) is 0 Å². The zero-order chi connectivity index (χ0) is 15.1. The van der Waals surface area contributed by atoms with E-state index in [9.17, 15) is 9.90 Å². The first-order chi connectivity index (χ1) is 9.49. The van der Waals surface area contributed by atoms with Gasteiger partial charge in [-0.1, -0.05) is 13.8 Å². The molecular weight excluding hydrogens is 256 g/mol. The third-order valence-electron chi connectivity index (χ3n) is 2.94. The summed E-state index contributed by atoms with van der Waals surface area (Å²) in [6, 6.07) is 4.71. The highest BCUT2D eigenvalue weighted by Gasteiger charge is 2.19. The van der Waals surface area contributed by atoms with Crippen molar-refractivity contribution in [2.24, 2.45) is 11.7 Å². The van der Waals surface area contributed by atoms with Crippen molar-refractivity contribution in [3.63, 3.8) is 0 Å². The van der Waals surface area contributed by atoms with Crippen LogP contribution in [-0.4, -0.2) is 42.7 Å². The van der Waals surface area contributed by atoms with Gasteiger partial charge in [0.05, 0.1) is 12.7 Å². The second-order valence-electron chi connectivity index (χ2n) is 5.17. The molecule has 0 saturated heterocycles. The molecule has 0 atom stereocenters. The molecule has 3 N–H and O–H groups in total. The van der Waals surface area contributed by atoms with Gasteiger partial charge in [0, 0.05) is 19.2 Å². The number of phenolic OH excluding ortho intramolecular Hbond substituents is 1. The summed E-state index contributed by atoms with van der Waals surface area (Å²) < 4.78 is 5.02. The molecule has 112 valence electrons. The summed E-state index contributed by atoms with van der Waals surface area (Å²) in [6.07, 6.45) is 0.745. The van der Waals surface area contributed by atoms with Gasteiger partial charge in [0.15, 0.2) is 0 Å². The average molecular weight is 280 g/mol. The Hall–Kier alpha value is -1.75. The number of nitrogens with two attached hydrogens (primary N) is 1. The number of methoxy groups -OCH3 is 1. The van der Waals surface area contributed by atoms with Crippen molar-refractivity contribution in [1.82, 2.24) is 4.90 Å². The van der Waals surface area contributed by atoms with Gasteiger partial charge in [0.1, 0.15) is 11.5 Å². The number of hydrogen-bond donors (Lipinski definition) is 2. The van der Waals surface area contributed by atoms with Gasteiger partial charge in [0.25, 0.3) is 5.91 Å². The van der Waals surface area contributed by atoms with Crippen molar-refractivity contribution in [1.29, 1.82) is 0 Å². The van der Waals surface area contributed by atoms with Crippen LogP contribution in [0.15, 0.2) is 18.2 Å². The first-order valence-electron chi connectivity index (χ1n) is 6.86. The normalized spacial score (nSPS) is 10.7. The van der Waals surface area contributed by atoms with Crippen molar-refractivity contribution in [2.45, 2.75) is 20.3 Å². The van der Waals surface area contributed by atoms with Crippen LogP contribution in [0.4, 0.5) is 0 Å². The van der Waals surface area contributed by atoms with Crippen LogP contribution in [0, 0.1) is 5.92 Å². The quantitative estimate of drug-likeness (QED) is 0.799. The van der Waals surface area contributed by atoms with Crippen molar-refractivity contribution in [3.8, 4) is 11.5 Å². The maximum Gasteiger partial charge on any atom is 0.257 e. The van der Waals surface area contributed by atoms with Crippen LogP contribution in [0.3, 0.4) is 0 Å². The van der Waals surface area contributed by atoms with Gasteiger partial charge >= 0.3 is 0 Å². The fourth-order valence-electron chi connectivity index (χ4n) is 1.99. The zero-order valence-corrected chi connectivity index (χ0v) is 12.4. The van der Waals surface area contributed by atoms with Gasteiger partial charge in [-0.15, -0.1) is 0 Å². The Bertz CT molecular complexity index is 447. The van der Waals surface area contributed by atoms with Gasteiger partial charge in [0.2, 0.25) is 0 Å². The van der Waals surface area contributed by atoms with Crippen LogP contribution >= 0.6 is 0 Å². The van der Waals surface area contributed by atoms with Crippen molar-refractivity contribution in [2.75, 3.05) is 26.7 Å². The smallest absolute Gasteiger partial charge is 0.257 e. The highest BCUT2D eigenvalue weighted by atomic mass is 16.5. The molecule has 0 saturated carbocycles. The molecule has 5 heteroatoms. The van der Waals surface area contributed by atoms with Crippen LogP contribution in [0.1, 0.15) is 30.6 Å². The molecule has 0 radical (unpaired) electrons. The summed E-state index contributed by atoms with van der Waals surface area (Å²) in [7, 11) is 1.52. The molecule has 1 rings (SSSR count). The van der Waals surface area contributed by atoms with Gasteiger partial charge in [-0.2, -0.15) is 0 Å². The predicted octanol–water partition coefficient (Wildman–Crippen LogP) is 1.85. The summed E-state index contributed by atoms with van der Waals surface area (Å²) >= 11 is 0. The third kappa shape index (κ3) is 4.42. The van der Waals surface area contributed by atoms with Crippen molar-refractivity contribution >= 4 is 5.91 Å². The molecule has 0 aliphatic heterocycles. The van der Waals surface area contributed by atoms with Crippen LogP contribution < -0.4 is 10.5 Å². The molecule has 0 bridgehead atoms. The Balaban J connectivity index is 2.92. The van der Waals surface area contributed by atoms with Gasteiger partial charge < -0.3 is 20.5 Å². The van der Waals surface area contributed by atoms with E-state index in [0.717, 1.165) is 6.42 Å². The first-order valence-corrected chi connectivity index (χ1v) is 6.86. The molecule has 1 aromatic rings. The van der Waals surface area contributed by atoms with Gasteiger partial charge in [-0.25, -0.2) is 0 Å².